The molecule has 0 atom stereocenters. The van der Waals surface area contributed by atoms with Crippen LogP contribution in [0.25, 0.3) is 10.9 Å². The minimum atomic E-state index is -0.0770. The van der Waals surface area contributed by atoms with Crippen molar-refractivity contribution in [3.05, 3.63) is 64.7 Å². The van der Waals surface area contributed by atoms with Gasteiger partial charge in [0.05, 0.1) is 28.8 Å². The monoisotopic (exact) mass is 409 g/mol. The molecule has 0 bridgehead atoms. The molecule has 3 rings (SSSR count). The smallest absolute Gasteiger partial charge is 0.237 e. The number of hydrogen-bond acceptors (Lipinski definition) is 4. The molecule has 0 fully saturated rings. The molecule has 4 nitrogen and oxygen atoms in total. The highest BCUT2D eigenvalue weighted by atomic mass is 35.5. The Labute approximate surface area is 174 Å². The van der Waals surface area contributed by atoms with E-state index in [-0.39, 0.29) is 18.1 Å². The molecule has 1 heterocycles. The summed E-state index contributed by atoms with van der Waals surface area (Å²) in [6, 6.07) is 17.4. The average molecular weight is 410 g/mol. The van der Waals surface area contributed by atoms with Crippen molar-refractivity contribution >= 4 is 45.9 Å². The van der Waals surface area contributed by atoms with Crippen LogP contribution in [0.2, 0.25) is 5.02 Å². The van der Waals surface area contributed by atoms with E-state index in [4.69, 9.17) is 21.8 Å². The first-order valence-electron chi connectivity index (χ1n) is 8.92. The minimum Gasteiger partial charge on any atom is -0.311 e. The van der Waals surface area contributed by atoms with Gasteiger partial charge in [-0.2, -0.15) is 5.26 Å². The summed E-state index contributed by atoms with van der Waals surface area (Å²) in [5, 5.41) is 11.4. The van der Waals surface area contributed by atoms with Gasteiger partial charge in [-0.15, -0.1) is 0 Å². The van der Waals surface area contributed by atoms with Crippen molar-refractivity contribution < 1.29 is 4.79 Å². The number of pyridine rings is 1. The molecule has 0 spiro atoms. The summed E-state index contributed by atoms with van der Waals surface area (Å²) < 4.78 is 0. The number of amides is 1. The molecule has 0 aliphatic rings. The molecule has 0 radical (unpaired) electrons. The normalized spacial score (nSPS) is 10.6. The van der Waals surface area contributed by atoms with E-state index in [0.717, 1.165) is 27.1 Å². The number of carbonyl (C=O) groups is 1. The largest absolute Gasteiger partial charge is 0.311 e. The van der Waals surface area contributed by atoms with Gasteiger partial charge in [-0.05, 0) is 49.2 Å². The van der Waals surface area contributed by atoms with E-state index in [1.165, 1.54) is 11.8 Å². The molecule has 2 aromatic carbocycles. The van der Waals surface area contributed by atoms with Crippen molar-refractivity contribution in [3.63, 3.8) is 0 Å². The Hall–Kier alpha value is -2.55. The number of nitriles is 1. The van der Waals surface area contributed by atoms with Crippen LogP contribution in [0.5, 0.6) is 0 Å². The maximum absolute atomic E-state index is 12.9. The van der Waals surface area contributed by atoms with Crippen LogP contribution in [0.1, 0.15) is 17.5 Å². The van der Waals surface area contributed by atoms with Gasteiger partial charge in [0.2, 0.25) is 5.91 Å². The Morgan fingerprint density at radius 3 is 2.71 bits per heavy atom. The van der Waals surface area contributed by atoms with Gasteiger partial charge in [-0.1, -0.05) is 47.6 Å². The van der Waals surface area contributed by atoms with Crippen molar-refractivity contribution in [2.45, 2.75) is 25.3 Å². The maximum Gasteiger partial charge on any atom is 0.237 e. The molecule has 0 saturated heterocycles. The second-order valence-corrected chi connectivity index (χ2v) is 7.90. The zero-order valence-electron chi connectivity index (χ0n) is 15.8. The number of para-hydroxylation sites is 1. The van der Waals surface area contributed by atoms with Crippen LogP contribution >= 0.6 is 23.4 Å². The van der Waals surface area contributed by atoms with E-state index in [9.17, 15) is 4.79 Å². The number of aryl methyl sites for hydroxylation is 2. The standard InChI is InChI=1S/C22H20ClN3OS/c1-15-6-3-9-19-16(2)12-20(25-22(15)19)28-14-21(27)26(11-5-10-24)18-8-4-7-17(23)13-18/h3-4,6-9,12-13H,5,11,14H2,1-2H3. The van der Waals surface area contributed by atoms with Crippen LogP contribution in [0, 0.1) is 25.2 Å². The van der Waals surface area contributed by atoms with Crippen LogP contribution in [0.4, 0.5) is 5.69 Å². The lowest BCUT2D eigenvalue weighted by Crippen LogP contribution is -2.33. The van der Waals surface area contributed by atoms with Crippen molar-refractivity contribution in [3.8, 4) is 6.07 Å². The highest BCUT2D eigenvalue weighted by molar-refractivity contribution is 7.99. The number of thioether (sulfide) groups is 1. The zero-order chi connectivity index (χ0) is 20.1. The van der Waals surface area contributed by atoms with Gasteiger partial charge in [0.1, 0.15) is 0 Å². The quantitative estimate of drug-likeness (QED) is 0.501. The highest BCUT2D eigenvalue weighted by Crippen LogP contribution is 2.27. The Balaban J connectivity index is 1.80. The van der Waals surface area contributed by atoms with Gasteiger partial charge >= 0.3 is 0 Å². The lowest BCUT2D eigenvalue weighted by atomic mass is 10.1. The number of carbonyl (C=O) groups excluding carboxylic acids is 1. The first-order valence-corrected chi connectivity index (χ1v) is 10.3. The van der Waals surface area contributed by atoms with E-state index >= 15 is 0 Å². The number of benzene rings is 2. The summed E-state index contributed by atoms with van der Waals surface area (Å²) in [5.74, 6) is 0.161. The number of hydrogen-bond donors (Lipinski definition) is 0. The zero-order valence-corrected chi connectivity index (χ0v) is 17.3. The number of fused-ring (bicyclic) bond motifs is 1. The van der Waals surface area contributed by atoms with Gasteiger partial charge in [0.15, 0.2) is 0 Å². The Morgan fingerprint density at radius 1 is 1.18 bits per heavy atom. The minimum absolute atomic E-state index is 0.0770. The fraction of sp³-hybridized carbons (Fsp3) is 0.227. The second-order valence-electron chi connectivity index (χ2n) is 6.47. The third-order valence-corrected chi connectivity index (χ3v) is 5.57. The number of rotatable bonds is 6. The molecular weight excluding hydrogens is 390 g/mol. The van der Waals surface area contributed by atoms with Crippen molar-refractivity contribution in [1.29, 1.82) is 5.26 Å². The van der Waals surface area contributed by atoms with E-state index in [0.29, 0.717) is 17.3 Å². The Kier molecular flexibility index (Phi) is 6.56. The van der Waals surface area contributed by atoms with E-state index in [2.05, 4.69) is 19.1 Å². The molecule has 0 saturated carbocycles. The fourth-order valence-corrected chi connectivity index (χ4v) is 4.05. The third kappa shape index (κ3) is 4.64. The van der Waals surface area contributed by atoms with Crippen molar-refractivity contribution in [2.24, 2.45) is 0 Å². The Bertz CT molecular complexity index is 1060. The van der Waals surface area contributed by atoms with Crippen LogP contribution in [0.15, 0.2) is 53.6 Å². The van der Waals surface area contributed by atoms with Gasteiger partial charge in [0.25, 0.3) is 0 Å². The topological polar surface area (TPSA) is 57.0 Å². The SMILES string of the molecule is Cc1cc(SCC(=O)N(CCC#N)c2cccc(Cl)c2)nc2c(C)cccc12. The summed E-state index contributed by atoms with van der Waals surface area (Å²) in [6.45, 7) is 4.43. The summed E-state index contributed by atoms with van der Waals surface area (Å²) in [5.41, 5.74) is 3.92. The van der Waals surface area contributed by atoms with E-state index in [1.54, 1.807) is 23.1 Å². The Morgan fingerprint density at radius 2 is 1.96 bits per heavy atom. The molecule has 0 aliphatic carbocycles. The molecule has 28 heavy (non-hydrogen) atoms. The lowest BCUT2D eigenvalue weighted by molar-refractivity contribution is -0.116. The lowest BCUT2D eigenvalue weighted by Gasteiger charge is -2.22. The van der Waals surface area contributed by atoms with Gasteiger partial charge in [-0.25, -0.2) is 4.98 Å². The predicted octanol–water partition coefficient (Wildman–Crippen LogP) is 5.54. The summed E-state index contributed by atoms with van der Waals surface area (Å²) in [6.07, 6.45) is 0.259. The second kappa shape index (κ2) is 9.09. The van der Waals surface area contributed by atoms with Gasteiger partial charge in [0, 0.05) is 22.6 Å². The molecule has 142 valence electrons. The number of halogens is 1. The molecule has 0 aliphatic heterocycles. The fourth-order valence-electron chi connectivity index (χ4n) is 3.02. The molecular formula is C22H20ClN3OS. The van der Waals surface area contributed by atoms with Crippen LogP contribution in [-0.2, 0) is 4.79 Å². The maximum atomic E-state index is 12.9. The first-order chi connectivity index (χ1) is 13.5. The van der Waals surface area contributed by atoms with Gasteiger partial charge < -0.3 is 4.90 Å². The molecule has 0 N–H and O–H groups in total. The molecule has 0 unspecified atom stereocenters. The summed E-state index contributed by atoms with van der Waals surface area (Å²) in [7, 11) is 0. The van der Waals surface area contributed by atoms with E-state index < -0.39 is 0 Å². The number of aromatic nitrogens is 1. The number of nitrogens with zero attached hydrogens (tertiary/aromatic N) is 3. The molecule has 1 aromatic heterocycles. The molecule has 6 heteroatoms. The molecule has 3 aromatic rings. The highest BCUT2D eigenvalue weighted by Gasteiger charge is 2.17. The van der Waals surface area contributed by atoms with Crippen molar-refractivity contribution in [2.75, 3.05) is 17.2 Å². The average Bonchev–Trinajstić information content (AvgIpc) is 2.67. The van der Waals surface area contributed by atoms with Crippen LogP contribution in [-0.4, -0.2) is 23.2 Å². The predicted molar refractivity (Wildman–Crippen MR) is 116 cm³/mol. The summed E-state index contributed by atoms with van der Waals surface area (Å²) >= 11 is 7.48. The summed E-state index contributed by atoms with van der Waals surface area (Å²) in [4.78, 5) is 19.2. The van der Waals surface area contributed by atoms with Gasteiger partial charge in [-0.3, -0.25) is 4.79 Å². The van der Waals surface area contributed by atoms with E-state index in [1.807, 2.05) is 31.2 Å². The molecule has 1 amide bonds. The third-order valence-electron chi connectivity index (χ3n) is 4.44. The number of anilines is 1. The van der Waals surface area contributed by atoms with Crippen molar-refractivity contribution in [1.82, 2.24) is 4.98 Å². The van der Waals surface area contributed by atoms with Crippen LogP contribution in [0.3, 0.4) is 0 Å². The van der Waals surface area contributed by atoms with Crippen LogP contribution < -0.4 is 4.90 Å². The first kappa shape index (κ1) is 20.2.